The summed E-state index contributed by atoms with van der Waals surface area (Å²) in [6.45, 7) is 5.03. The number of benzene rings is 2. The van der Waals surface area contributed by atoms with Gasteiger partial charge in [0.15, 0.2) is 11.6 Å². The van der Waals surface area contributed by atoms with Gasteiger partial charge in [0, 0.05) is 39.3 Å². The molecular weight excluding hydrogens is 398 g/mol. The summed E-state index contributed by atoms with van der Waals surface area (Å²) in [6.07, 6.45) is 2.46. The first kappa shape index (κ1) is 20.5. The van der Waals surface area contributed by atoms with E-state index in [0.717, 1.165) is 48.9 Å². The van der Waals surface area contributed by atoms with E-state index < -0.39 is 0 Å². The molecule has 6 heteroatoms. The highest BCUT2D eigenvalue weighted by Gasteiger charge is 2.30. The molecule has 1 aromatic heterocycles. The van der Waals surface area contributed by atoms with Crippen LogP contribution >= 0.6 is 0 Å². The molecule has 0 atom stereocenters. The summed E-state index contributed by atoms with van der Waals surface area (Å²) >= 11 is 0. The Labute approximate surface area is 189 Å². The first-order valence-corrected chi connectivity index (χ1v) is 11.5. The Hall–Kier alpha value is -3.41. The van der Waals surface area contributed by atoms with Crippen molar-refractivity contribution < 1.29 is 4.79 Å². The number of aromatic nitrogens is 2. The first-order chi connectivity index (χ1) is 15.8. The van der Waals surface area contributed by atoms with Crippen molar-refractivity contribution in [1.29, 1.82) is 0 Å². The molecule has 2 aromatic carbocycles. The minimum Gasteiger partial charge on any atom is -0.355 e. The zero-order valence-electron chi connectivity index (χ0n) is 18.3. The van der Waals surface area contributed by atoms with E-state index in [4.69, 9.17) is 0 Å². The van der Waals surface area contributed by atoms with Gasteiger partial charge in [-0.05, 0) is 36.1 Å². The molecule has 1 amide bonds. The Balaban J connectivity index is 1.27. The summed E-state index contributed by atoms with van der Waals surface area (Å²) in [5.41, 5.74) is 2.07. The minimum absolute atomic E-state index is 0.164. The number of nitrogens with zero attached hydrogens (tertiary/aromatic N) is 5. The fourth-order valence-electron chi connectivity index (χ4n) is 4.71. The second-order valence-electron chi connectivity index (χ2n) is 8.51. The number of carbonyl (C=O) groups excluding carboxylic acids is 1. The van der Waals surface area contributed by atoms with E-state index >= 15 is 0 Å². The molecule has 3 heterocycles. The van der Waals surface area contributed by atoms with Crippen molar-refractivity contribution in [3.8, 4) is 0 Å². The molecule has 3 aromatic rings. The van der Waals surface area contributed by atoms with Gasteiger partial charge in [0.1, 0.15) is 0 Å². The number of rotatable bonds is 5. The van der Waals surface area contributed by atoms with Gasteiger partial charge in [0.05, 0.1) is 5.92 Å². The second kappa shape index (κ2) is 9.39. The zero-order valence-corrected chi connectivity index (χ0v) is 18.3. The Morgan fingerprint density at radius 2 is 1.09 bits per heavy atom. The van der Waals surface area contributed by atoms with Crippen LogP contribution in [0.25, 0.3) is 0 Å². The number of carbonyl (C=O) groups is 1. The van der Waals surface area contributed by atoms with Gasteiger partial charge in [-0.25, -0.2) is 0 Å². The van der Waals surface area contributed by atoms with Crippen LogP contribution in [0.15, 0.2) is 72.8 Å². The molecule has 2 fully saturated rings. The maximum Gasteiger partial charge on any atom is 0.234 e. The van der Waals surface area contributed by atoms with Gasteiger partial charge in [0.25, 0.3) is 0 Å². The van der Waals surface area contributed by atoms with E-state index in [1.165, 1.54) is 12.8 Å². The zero-order chi connectivity index (χ0) is 21.8. The standard InChI is InChI=1S/C26H29N5O/c32-26(25(21-9-3-1-4-10-21)22-11-5-2-6-12-22)31-19-17-30(18-20-31)24-14-13-23(27-28-24)29-15-7-8-16-29/h1-6,9-14,25H,7-8,15-20H2. The fourth-order valence-corrected chi connectivity index (χ4v) is 4.71. The highest BCUT2D eigenvalue weighted by atomic mass is 16.2. The largest absolute Gasteiger partial charge is 0.355 e. The molecule has 0 unspecified atom stereocenters. The topological polar surface area (TPSA) is 52.6 Å². The third-order valence-electron chi connectivity index (χ3n) is 6.49. The molecule has 0 radical (unpaired) electrons. The lowest BCUT2D eigenvalue weighted by molar-refractivity contribution is -0.132. The molecule has 2 aliphatic rings. The van der Waals surface area contributed by atoms with Gasteiger partial charge in [-0.3, -0.25) is 4.79 Å². The summed E-state index contributed by atoms with van der Waals surface area (Å²) < 4.78 is 0. The van der Waals surface area contributed by atoms with Crippen molar-refractivity contribution in [2.75, 3.05) is 49.1 Å². The van der Waals surface area contributed by atoms with Crippen LogP contribution in [-0.4, -0.2) is 60.3 Å². The van der Waals surface area contributed by atoms with Gasteiger partial charge in [-0.2, -0.15) is 0 Å². The molecule has 0 spiro atoms. The molecule has 164 valence electrons. The van der Waals surface area contributed by atoms with Crippen LogP contribution in [0.5, 0.6) is 0 Å². The summed E-state index contributed by atoms with van der Waals surface area (Å²) in [5, 5.41) is 8.93. The van der Waals surface area contributed by atoms with Crippen molar-refractivity contribution >= 4 is 17.5 Å². The van der Waals surface area contributed by atoms with Crippen LogP contribution in [0.4, 0.5) is 11.6 Å². The highest BCUT2D eigenvalue weighted by Crippen LogP contribution is 2.28. The fraction of sp³-hybridized carbons (Fsp3) is 0.346. The van der Waals surface area contributed by atoms with Gasteiger partial charge in [0.2, 0.25) is 5.91 Å². The predicted molar refractivity (Wildman–Crippen MR) is 127 cm³/mol. The van der Waals surface area contributed by atoms with Crippen LogP contribution in [-0.2, 0) is 4.79 Å². The van der Waals surface area contributed by atoms with E-state index in [-0.39, 0.29) is 11.8 Å². The molecule has 2 aliphatic heterocycles. The van der Waals surface area contributed by atoms with Crippen LogP contribution in [0.1, 0.15) is 29.9 Å². The molecular formula is C26H29N5O. The third kappa shape index (κ3) is 4.31. The summed E-state index contributed by atoms with van der Waals surface area (Å²) in [6, 6.07) is 24.3. The summed E-state index contributed by atoms with van der Waals surface area (Å²) in [7, 11) is 0. The van der Waals surface area contributed by atoms with Gasteiger partial charge >= 0.3 is 0 Å². The summed E-state index contributed by atoms with van der Waals surface area (Å²) in [5.74, 6) is 1.75. The van der Waals surface area contributed by atoms with Crippen LogP contribution in [0.3, 0.4) is 0 Å². The monoisotopic (exact) mass is 427 g/mol. The molecule has 0 N–H and O–H groups in total. The number of hydrogen-bond donors (Lipinski definition) is 0. The number of hydrogen-bond acceptors (Lipinski definition) is 5. The smallest absolute Gasteiger partial charge is 0.234 e. The molecule has 6 nitrogen and oxygen atoms in total. The quantitative estimate of drug-likeness (QED) is 0.623. The maximum absolute atomic E-state index is 13.6. The van der Waals surface area contributed by atoms with Crippen LogP contribution < -0.4 is 9.80 Å². The van der Waals surface area contributed by atoms with E-state index in [9.17, 15) is 4.79 Å². The Kier molecular flexibility index (Phi) is 6.01. The van der Waals surface area contributed by atoms with E-state index in [0.29, 0.717) is 13.1 Å². The summed E-state index contributed by atoms with van der Waals surface area (Å²) in [4.78, 5) is 20.1. The molecule has 2 saturated heterocycles. The number of anilines is 2. The SMILES string of the molecule is O=C(C(c1ccccc1)c1ccccc1)N1CCN(c2ccc(N3CCCC3)nn2)CC1. The molecule has 5 rings (SSSR count). The van der Waals surface area contributed by atoms with Crippen molar-refractivity contribution in [2.24, 2.45) is 0 Å². The second-order valence-corrected chi connectivity index (χ2v) is 8.51. The van der Waals surface area contributed by atoms with E-state index in [1.807, 2.05) is 65.6 Å². The molecule has 0 bridgehead atoms. The Bertz CT molecular complexity index is 972. The van der Waals surface area contributed by atoms with Crippen LogP contribution in [0, 0.1) is 0 Å². The lowest BCUT2D eigenvalue weighted by Crippen LogP contribution is -2.50. The maximum atomic E-state index is 13.6. The van der Waals surface area contributed by atoms with Gasteiger partial charge < -0.3 is 14.7 Å². The van der Waals surface area contributed by atoms with Gasteiger partial charge in [-0.1, -0.05) is 60.7 Å². The van der Waals surface area contributed by atoms with Crippen molar-refractivity contribution in [2.45, 2.75) is 18.8 Å². The van der Waals surface area contributed by atoms with Crippen molar-refractivity contribution in [3.63, 3.8) is 0 Å². The third-order valence-corrected chi connectivity index (χ3v) is 6.49. The number of piperazine rings is 1. The Morgan fingerprint density at radius 1 is 0.625 bits per heavy atom. The normalized spacial score (nSPS) is 16.6. The molecule has 0 aliphatic carbocycles. The lowest BCUT2D eigenvalue weighted by Gasteiger charge is -2.37. The van der Waals surface area contributed by atoms with E-state index in [1.54, 1.807) is 0 Å². The average molecular weight is 428 g/mol. The lowest BCUT2D eigenvalue weighted by atomic mass is 9.90. The average Bonchev–Trinajstić information content (AvgIpc) is 3.41. The van der Waals surface area contributed by atoms with Gasteiger partial charge in [-0.15, -0.1) is 10.2 Å². The highest BCUT2D eigenvalue weighted by molar-refractivity contribution is 5.87. The van der Waals surface area contributed by atoms with Crippen molar-refractivity contribution in [3.05, 3.63) is 83.9 Å². The Morgan fingerprint density at radius 3 is 1.56 bits per heavy atom. The minimum atomic E-state index is -0.275. The first-order valence-electron chi connectivity index (χ1n) is 11.5. The van der Waals surface area contributed by atoms with Crippen LogP contribution in [0.2, 0.25) is 0 Å². The molecule has 0 saturated carbocycles. The van der Waals surface area contributed by atoms with E-state index in [2.05, 4.69) is 32.1 Å². The van der Waals surface area contributed by atoms with Crippen molar-refractivity contribution in [1.82, 2.24) is 15.1 Å². The molecule has 32 heavy (non-hydrogen) atoms. The number of amides is 1. The predicted octanol–water partition coefficient (Wildman–Crippen LogP) is 3.56.